The molecule has 12 heavy (non-hydrogen) atoms. The molecule has 0 N–H and O–H groups in total. The monoisotopic (exact) mass is 157 g/mol. The van der Waals surface area contributed by atoms with Gasteiger partial charge >= 0.3 is 0 Å². The zero-order chi connectivity index (χ0) is 8.39. The molecule has 3 heteroatoms. The molecule has 0 saturated carbocycles. The number of nitrogens with zero attached hydrogens (tertiary/aromatic N) is 2. The van der Waals surface area contributed by atoms with Crippen molar-refractivity contribution in [3.63, 3.8) is 0 Å². The first-order valence-electron chi connectivity index (χ1n) is 3.49. The third kappa shape index (κ3) is 0.955. The van der Waals surface area contributed by atoms with Crippen molar-refractivity contribution in [2.45, 2.75) is 0 Å². The number of fused-ring (bicyclic) bond motifs is 1. The highest BCUT2D eigenvalue weighted by atomic mass is 16.1. The van der Waals surface area contributed by atoms with Crippen molar-refractivity contribution in [1.82, 2.24) is 9.97 Å². The Labute approximate surface area is 69.1 Å². The third-order valence-corrected chi connectivity index (χ3v) is 1.64. The fourth-order valence-corrected chi connectivity index (χ4v) is 1.08. The van der Waals surface area contributed by atoms with Crippen molar-refractivity contribution in [2.24, 2.45) is 0 Å². The summed E-state index contributed by atoms with van der Waals surface area (Å²) in [6.07, 6.45) is 6.59. The molecule has 1 radical (unpaired) electrons. The van der Waals surface area contributed by atoms with Crippen molar-refractivity contribution < 1.29 is 4.79 Å². The predicted octanol–water partition coefficient (Wildman–Crippen LogP) is 1.09. The highest BCUT2D eigenvalue weighted by Gasteiger charge is 1.99. The van der Waals surface area contributed by atoms with Gasteiger partial charge in [0.1, 0.15) is 0 Å². The van der Waals surface area contributed by atoms with Gasteiger partial charge in [-0.3, -0.25) is 14.8 Å². The third-order valence-electron chi connectivity index (χ3n) is 1.64. The van der Waals surface area contributed by atoms with Crippen LogP contribution in [0, 0.1) is 0 Å². The van der Waals surface area contributed by atoms with Crippen LogP contribution < -0.4 is 0 Å². The SMILES string of the molecule is O=[C]c1cncc2ncccc12. The molecule has 0 saturated heterocycles. The smallest absolute Gasteiger partial charge is 0.235 e. The molecule has 0 aromatic carbocycles. The van der Waals surface area contributed by atoms with E-state index in [0.717, 1.165) is 10.9 Å². The van der Waals surface area contributed by atoms with E-state index in [0.29, 0.717) is 5.56 Å². The van der Waals surface area contributed by atoms with Crippen LogP contribution in [0.5, 0.6) is 0 Å². The van der Waals surface area contributed by atoms with E-state index in [1.807, 2.05) is 12.4 Å². The standard InChI is InChI=1S/C9H5N2O/c12-6-7-4-10-5-9-8(7)2-1-3-11-9/h1-5H. The van der Waals surface area contributed by atoms with Crippen molar-refractivity contribution >= 4 is 17.2 Å². The summed E-state index contributed by atoms with van der Waals surface area (Å²) in [5.41, 5.74) is 1.18. The Morgan fingerprint density at radius 3 is 3.08 bits per heavy atom. The maximum Gasteiger partial charge on any atom is 0.235 e. The molecule has 0 bridgehead atoms. The zero-order valence-electron chi connectivity index (χ0n) is 6.19. The van der Waals surface area contributed by atoms with E-state index < -0.39 is 0 Å². The average molecular weight is 157 g/mol. The molecule has 0 amide bonds. The van der Waals surface area contributed by atoms with Crippen molar-refractivity contribution in [3.05, 3.63) is 36.3 Å². The molecular weight excluding hydrogens is 152 g/mol. The van der Waals surface area contributed by atoms with Gasteiger partial charge in [-0.2, -0.15) is 0 Å². The molecule has 2 aromatic heterocycles. The van der Waals surface area contributed by atoms with Gasteiger partial charge in [0.25, 0.3) is 0 Å². The Kier molecular flexibility index (Phi) is 1.55. The van der Waals surface area contributed by atoms with Crippen LogP contribution in [-0.2, 0) is 4.79 Å². The molecule has 0 aliphatic carbocycles. The summed E-state index contributed by atoms with van der Waals surface area (Å²) in [5.74, 6) is 0. The zero-order valence-corrected chi connectivity index (χ0v) is 6.19. The molecule has 2 rings (SSSR count). The van der Waals surface area contributed by atoms with Crippen LogP contribution >= 0.6 is 0 Å². The minimum atomic E-state index is 0.459. The minimum absolute atomic E-state index is 0.459. The van der Waals surface area contributed by atoms with Gasteiger partial charge in [0, 0.05) is 17.8 Å². The molecular formula is C9H5N2O. The van der Waals surface area contributed by atoms with Gasteiger partial charge in [-0.05, 0) is 6.07 Å². The molecule has 0 aliphatic heterocycles. The van der Waals surface area contributed by atoms with Gasteiger partial charge in [0.15, 0.2) is 0 Å². The lowest BCUT2D eigenvalue weighted by Crippen LogP contribution is -1.87. The van der Waals surface area contributed by atoms with Gasteiger partial charge in [-0.15, -0.1) is 0 Å². The molecule has 2 heterocycles. The summed E-state index contributed by atoms with van der Waals surface area (Å²) in [6.45, 7) is 0. The molecule has 0 spiro atoms. The Morgan fingerprint density at radius 2 is 2.25 bits per heavy atom. The number of hydrogen-bond donors (Lipinski definition) is 0. The maximum atomic E-state index is 10.4. The minimum Gasteiger partial charge on any atom is -0.285 e. The molecule has 57 valence electrons. The van der Waals surface area contributed by atoms with Crippen molar-refractivity contribution in [3.8, 4) is 0 Å². The lowest BCUT2D eigenvalue weighted by atomic mass is 10.2. The second kappa shape index (κ2) is 2.70. The highest BCUT2D eigenvalue weighted by Crippen LogP contribution is 2.11. The van der Waals surface area contributed by atoms with Crippen LogP contribution in [0.3, 0.4) is 0 Å². The van der Waals surface area contributed by atoms with Gasteiger partial charge in [-0.25, -0.2) is 0 Å². The van der Waals surface area contributed by atoms with Gasteiger partial charge in [0.05, 0.1) is 17.3 Å². The summed E-state index contributed by atoms with van der Waals surface area (Å²) in [7, 11) is 0. The van der Waals surface area contributed by atoms with Crippen molar-refractivity contribution in [1.29, 1.82) is 0 Å². The Balaban J connectivity index is 2.88. The van der Waals surface area contributed by atoms with E-state index in [2.05, 4.69) is 9.97 Å². The summed E-state index contributed by atoms with van der Waals surface area (Å²) >= 11 is 0. The quantitative estimate of drug-likeness (QED) is 0.622. The molecule has 3 nitrogen and oxygen atoms in total. The Hall–Kier alpha value is -1.77. The van der Waals surface area contributed by atoms with E-state index in [4.69, 9.17) is 0 Å². The van der Waals surface area contributed by atoms with Crippen LogP contribution in [0.15, 0.2) is 30.7 Å². The second-order valence-corrected chi connectivity index (χ2v) is 2.36. The molecule has 0 aliphatic rings. The number of hydrogen-bond acceptors (Lipinski definition) is 3. The van der Waals surface area contributed by atoms with Gasteiger partial charge in [-0.1, -0.05) is 6.07 Å². The summed E-state index contributed by atoms with van der Waals surface area (Å²) in [4.78, 5) is 18.3. The first kappa shape index (κ1) is 6.91. The highest BCUT2D eigenvalue weighted by molar-refractivity contribution is 5.95. The maximum absolute atomic E-state index is 10.4. The number of carbonyl (C=O) groups excluding carboxylic acids is 1. The number of rotatable bonds is 1. The summed E-state index contributed by atoms with van der Waals surface area (Å²) < 4.78 is 0. The van der Waals surface area contributed by atoms with Gasteiger partial charge in [0.2, 0.25) is 6.29 Å². The van der Waals surface area contributed by atoms with E-state index in [1.165, 1.54) is 6.20 Å². The fraction of sp³-hybridized carbons (Fsp3) is 0. The van der Waals surface area contributed by atoms with Gasteiger partial charge < -0.3 is 0 Å². The van der Waals surface area contributed by atoms with Crippen LogP contribution in [-0.4, -0.2) is 16.3 Å². The Morgan fingerprint density at radius 1 is 1.33 bits per heavy atom. The van der Waals surface area contributed by atoms with E-state index in [1.54, 1.807) is 18.5 Å². The lowest BCUT2D eigenvalue weighted by molar-refractivity contribution is 0.563. The Bertz CT molecular complexity index is 420. The second-order valence-electron chi connectivity index (χ2n) is 2.36. The average Bonchev–Trinajstić information content (AvgIpc) is 2.17. The predicted molar refractivity (Wildman–Crippen MR) is 44.3 cm³/mol. The summed E-state index contributed by atoms with van der Waals surface area (Å²) in [5, 5.41) is 0.794. The normalized spacial score (nSPS) is 10.0. The molecule has 2 aromatic rings. The van der Waals surface area contributed by atoms with Crippen LogP contribution in [0.2, 0.25) is 0 Å². The van der Waals surface area contributed by atoms with Crippen LogP contribution in [0.1, 0.15) is 5.56 Å². The number of aromatic nitrogens is 2. The molecule has 0 fully saturated rings. The van der Waals surface area contributed by atoms with E-state index >= 15 is 0 Å². The number of pyridine rings is 2. The van der Waals surface area contributed by atoms with E-state index in [-0.39, 0.29) is 0 Å². The first-order chi connectivity index (χ1) is 5.92. The van der Waals surface area contributed by atoms with E-state index in [9.17, 15) is 4.79 Å². The van der Waals surface area contributed by atoms with Crippen molar-refractivity contribution in [2.75, 3.05) is 0 Å². The largest absolute Gasteiger partial charge is 0.285 e. The van der Waals surface area contributed by atoms with Crippen LogP contribution in [0.4, 0.5) is 0 Å². The molecule has 0 unspecified atom stereocenters. The lowest BCUT2D eigenvalue weighted by Gasteiger charge is -1.95. The topological polar surface area (TPSA) is 42.9 Å². The fourth-order valence-electron chi connectivity index (χ4n) is 1.08. The van der Waals surface area contributed by atoms with Crippen LogP contribution in [0.25, 0.3) is 10.9 Å². The summed E-state index contributed by atoms with van der Waals surface area (Å²) in [6, 6.07) is 3.60. The molecule has 0 atom stereocenters. The first-order valence-corrected chi connectivity index (χ1v) is 3.49.